The first-order valence-electron chi connectivity index (χ1n) is 6.45. The molecular weight excluding hydrogens is 228 g/mol. The number of allylic oxidation sites excluding steroid dienone is 2. The van der Waals surface area contributed by atoms with E-state index in [0.717, 1.165) is 6.29 Å². The maximum atomic E-state index is 10.9. The monoisotopic (exact) mass is 252 g/mol. The number of hydrogen-bond acceptors (Lipinski definition) is 3. The highest BCUT2D eigenvalue weighted by Crippen LogP contribution is 2.43. The van der Waals surface area contributed by atoms with Gasteiger partial charge in [0.05, 0.1) is 12.2 Å². The number of rotatable bonds is 5. The van der Waals surface area contributed by atoms with Gasteiger partial charge in [0, 0.05) is 11.0 Å². The molecule has 0 N–H and O–H groups in total. The van der Waals surface area contributed by atoms with Crippen molar-refractivity contribution in [2.45, 2.75) is 59.5 Å². The van der Waals surface area contributed by atoms with Gasteiger partial charge < -0.3 is 9.47 Å². The van der Waals surface area contributed by atoms with E-state index in [9.17, 15) is 4.79 Å². The molecule has 0 aliphatic heterocycles. The maximum Gasteiger partial charge on any atom is 0.197 e. The zero-order valence-corrected chi connectivity index (χ0v) is 12.2. The van der Waals surface area contributed by atoms with Gasteiger partial charge in [-0.3, -0.25) is 4.79 Å². The van der Waals surface area contributed by atoms with Crippen LogP contribution in [0, 0.1) is 5.41 Å². The zero-order valence-electron chi connectivity index (χ0n) is 12.2. The molecule has 1 rings (SSSR count). The van der Waals surface area contributed by atoms with Crippen LogP contribution in [-0.2, 0) is 14.3 Å². The second-order valence-corrected chi connectivity index (χ2v) is 5.82. The van der Waals surface area contributed by atoms with E-state index >= 15 is 0 Å². The van der Waals surface area contributed by atoms with Crippen LogP contribution in [0.15, 0.2) is 23.8 Å². The van der Waals surface area contributed by atoms with Crippen LogP contribution < -0.4 is 0 Å². The summed E-state index contributed by atoms with van der Waals surface area (Å²) in [6.45, 7) is 12.0. The van der Waals surface area contributed by atoms with Crippen LogP contribution in [0.1, 0.15) is 41.5 Å². The normalized spacial score (nSPS) is 21.2. The Morgan fingerprint density at radius 1 is 1.11 bits per heavy atom. The number of ether oxygens (including phenoxy) is 2. The van der Waals surface area contributed by atoms with Crippen LogP contribution in [-0.4, -0.2) is 24.3 Å². The summed E-state index contributed by atoms with van der Waals surface area (Å²) in [5, 5.41) is 0. The van der Waals surface area contributed by atoms with Gasteiger partial charge in [-0.1, -0.05) is 26.0 Å². The standard InChI is InChI=1S/C15H24O3/c1-11(2)17-15(18-12(3)4)8-7-13(10-16)9-14(15,5)6/h7-12H,1-6H3. The van der Waals surface area contributed by atoms with E-state index in [4.69, 9.17) is 9.47 Å². The Bertz CT molecular complexity index is 352. The predicted molar refractivity (Wildman–Crippen MR) is 72.2 cm³/mol. The summed E-state index contributed by atoms with van der Waals surface area (Å²) in [4.78, 5) is 10.9. The Labute approximate surface area is 110 Å². The minimum Gasteiger partial charge on any atom is -0.343 e. The van der Waals surface area contributed by atoms with E-state index in [1.807, 2.05) is 53.7 Å². The van der Waals surface area contributed by atoms with Gasteiger partial charge >= 0.3 is 0 Å². The van der Waals surface area contributed by atoms with E-state index in [0.29, 0.717) is 5.57 Å². The first-order valence-corrected chi connectivity index (χ1v) is 6.45. The number of hydrogen-bond donors (Lipinski definition) is 0. The molecule has 0 aromatic carbocycles. The maximum absolute atomic E-state index is 10.9. The van der Waals surface area contributed by atoms with Crippen molar-refractivity contribution >= 4 is 6.29 Å². The Morgan fingerprint density at radius 3 is 1.94 bits per heavy atom. The number of aldehydes is 1. The summed E-state index contributed by atoms with van der Waals surface area (Å²) in [5.41, 5.74) is 0.266. The molecule has 0 amide bonds. The molecule has 0 aromatic rings. The van der Waals surface area contributed by atoms with Crippen LogP contribution in [0.25, 0.3) is 0 Å². The van der Waals surface area contributed by atoms with Crippen molar-refractivity contribution in [1.29, 1.82) is 0 Å². The lowest BCUT2D eigenvalue weighted by atomic mass is 9.77. The van der Waals surface area contributed by atoms with E-state index in [1.165, 1.54) is 0 Å². The van der Waals surface area contributed by atoms with Gasteiger partial charge in [0.2, 0.25) is 0 Å². The van der Waals surface area contributed by atoms with Crippen molar-refractivity contribution in [3.8, 4) is 0 Å². The first kappa shape index (κ1) is 15.1. The van der Waals surface area contributed by atoms with Crippen molar-refractivity contribution in [3.05, 3.63) is 23.8 Å². The number of carbonyl (C=O) groups excluding carboxylic acids is 1. The molecule has 1 aliphatic rings. The Kier molecular flexibility index (Phi) is 4.51. The third-order valence-corrected chi connectivity index (χ3v) is 2.88. The molecular formula is C15H24O3. The summed E-state index contributed by atoms with van der Waals surface area (Å²) in [6.07, 6.45) is 6.47. The summed E-state index contributed by atoms with van der Waals surface area (Å²) < 4.78 is 12.1. The fourth-order valence-corrected chi connectivity index (χ4v) is 2.17. The molecule has 0 spiro atoms. The molecule has 0 radical (unpaired) electrons. The molecule has 1 aliphatic carbocycles. The van der Waals surface area contributed by atoms with Gasteiger partial charge in [-0.05, 0) is 33.8 Å². The molecule has 102 valence electrons. The van der Waals surface area contributed by atoms with Gasteiger partial charge in [-0.2, -0.15) is 0 Å². The van der Waals surface area contributed by atoms with E-state index < -0.39 is 11.2 Å². The Balaban J connectivity index is 3.15. The van der Waals surface area contributed by atoms with Crippen molar-refractivity contribution in [2.75, 3.05) is 0 Å². The van der Waals surface area contributed by atoms with Crippen molar-refractivity contribution < 1.29 is 14.3 Å². The summed E-state index contributed by atoms with van der Waals surface area (Å²) in [6, 6.07) is 0. The quantitative estimate of drug-likeness (QED) is 0.556. The minimum atomic E-state index is -0.818. The zero-order chi connectivity index (χ0) is 14.0. The number of carbonyl (C=O) groups is 1. The third-order valence-electron chi connectivity index (χ3n) is 2.88. The molecule has 3 nitrogen and oxygen atoms in total. The van der Waals surface area contributed by atoms with Gasteiger partial charge in [-0.25, -0.2) is 0 Å². The molecule has 0 unspecified atom stereocenters. The largest absolute Gasteiger partial charge is 0.343 e. The predicted octanol–water partition coefficient (Wildman–Crippen LogP) is 3.25. The van der Waals surface area contributed by atoms with Crippen molar-refractivity contribution in [2.24, 2.45) is 5.41 Å². The van der Waals surface area contributed by atoms with Crippen LogP contribution in [0.4, 0.5) is 0 Å². The second kappa shape index (κ2) is 5.37. The van der Waals surface area contributed by atoms with E-state index in [2.05, 4.69) is 0 Å². The van der Waals surface area contributed by atoms with Gasteiger partial charge in [-0.15, -0.1) is 0 Å². The fourth-order valence-electron chi connectivity index (χ4n) is 2.17. The van der Waals surface area contributed by atoms with Crippen molar-refractivity contribution in [3.63, 3.8) is 0 Å². The molecule has 0 heterocycles. The lowest BCUT2D eigenvalue weighted by Crippen LogP contribution is -2.51. The lowest BCUT2D eigenvalue weighted by molar-refractivity contribution is -0.279. The molecule has 3 heteroatoms. The average molecular weight is 252 g/mol. The Morgan fingerprint density at radius 2 is 1.61 bits per heavy atom. The summed E-state index contributed by atoms with van der Waals surface area (Å²) in [7, 11) is 0. The smallest absolute Gasteiger partial charge is 0.197 e. The molecule has 0 atom stereocenters. The minimum absolute atomic E-state index is 0.0406. The summed E-state index contributed by atoms with van der Waals surface area (Å²) in [5.74, 6) is -0.818. The summed E-state index contributed by atoms with van der Waals surface area (Å²) >= 11 is 0. The van der Waals surface area contributed by atoms with Gasteiger partial charge in [0.25, 0.3) is 0 Å². The van der Waals surface area contributed by atoms with E-state index in [-0.39, 0.29) is 12.2 Å². The molecule has 18 heavy (non-hydrogen) atoms. The fraction of sp³-hybridized carbons (Fsp3) is 0.667. The van der Waals surface area contributed by atoms with Gasteiger partial charge in [0.1, 0.15) is 6.29 Å². The highest BCUT2D eigenvalue weighted by atomic mass is 16.7. The first-order chi connectivity index (χ1) is 8.22. The van der Waals surface area contributed by atoms with Gasteiger partial charge in [0.15, 0.2) is 5.79 Å². The molecule has 0 saturated heterocycles. The van der Waals surface area contributed by atoms with Crippen molar-refractivity contribution in [1.82, 2.24) is 0 Å². The SMILES string of the molecule is CC(C)OC1(OC(C)C)C=CC(C=O)=CC1(C)C. The highest BCUT2D eigenvalue weighted by molar-refractivity contribution is 5.78. The lowest BCUT2D eigenvalue weighted by Gasteiger charge is -2.46. The van der Waals surface area contributed by atoms with Crippen LogP contribution in [0.5, 0.6) is 0 Å². The second-order valence-electron chi connectivity index (χ2n) is 5.82. The Hall–Kier alpha value is -0.930. The highest BCUT2D eigenvalue weighted by Gasteiger charge is 2.47. The van der Waals surface area contributed by atoms with E-state index in [1.54, 1.807) is 6.08 Å². The third kappa shape index (κ3) is 3.09. The molecule has 0 aromatic heterocycles. The van der Waals surface area contributed by atoms with Crippen LogP contribution in [0.3, 0.4) is 0 Å². The molecule has 0 saturated carbocycles. The molecule has 0 fully saturated rings. The topological polar surface area (TPSA) is 35.5 Å². The average Bonchev–Trinajstić information content (AvgIpc) is 2.20. The van der Waals surface area contributed by atoms with Crippen LogP contribution >= 0.6 is 0 Å². The van der Waals surface area contributed by atoms with Crippen LogP contribution in [0.2, 0.25) is 0 Å². The molecule has 0 bridgehead atoms.